The Balaban J connectivity index is 2.98. The van der Waals surface area contributed by atoms with Crippen molar-refractivity contribution >= 4 is 17.8 Å². The number of hydrogen-bond acceptors (Lipinski definition) is 4. The summed E-state index contributed by atoms with van der Waals surface area (Å²) in [7, 11) is 0. The van der Waals surface area contributed by atoms with Crippen molar-refractivity contribution < 1.29 is 29.7 Å². The number of carboxylic acid groups (broad SMARTS) is 2. The normalized spacial score (nSPS) is 9.78. The summed E-state index contributed by atoms with van der Waals surface area (Å²) in [6.45, 7) is -1.50. The van der Waals surface area contributed by atoms with E-state index in [0.717, 1.165) is 0 Å². The van der Waals surface area contributed by atoms with Gasteiger partial charge in [-0.15, -0.1) is 0 Å². The Bertz CT molecular complexity index is 468. The standard InChI is InChI=1S/C11H11NO6/c13-8-4-2-1-3-7(8)11(18)12(5-9(14)15)6-10(16)17/h1-4,13H,5-6H2,(H,14,15)(H,16,17). The highest BCUT2D eigenvalue weighted by molar-refractivity contribution is 5.99. The molecule has 96 valence electrons. The minimum absolute atomic E-state index is 0.139. The van der Waals surface area contributed by atoms with E-state index >= 15 is 0 Å². The molecule has 0 aromatic heterocycles. The van der Waals surface area contributed by atoms with E-state index in [0.29, 0.717) is 4.90 Å². The van der Waals surface area contributed by atoms with Crippen LogP contribution in [-0.4, -0.2) is 51.2 Å². The second-order valence-electron chi connectivity index (χ2n) is 3.47. The van der Waals surface area contributed by atoms with Gasteiger partial charge in [-0.05, 0) is 12.1 Å². The smallest absolute Gasteiger partial charge is 0.323 e. The molecule has 0 saturated carbocycles. The molecule has 0 aliphatic rings. The van der Waals surface area contributed by atoms with Gasteiger partial charge in [0, 0.05) is 0 Å². The molecule has 0 spiro atoms. The average molecular weight is 253 g/mol. The quantitative estimate of drug-likeness (QED) is 0.680. The number of phenolic OH excluding ortho intramolecular Hbond substituents is 1. The number of rotatable bonds is 5. The second kappa shape index (κ2) is 5.67. The van der Waals surface area contributed by atoms with Crippen molar-refractivity contribution in [3.05, 3.63) is 29.8 Å². The molecule has 0 unspecified atom stereocenters. The first-order valence-corrected chi connectivity index (χ1v) is 4.92. The fourth-order valence-corrected chi connectivity index (χ4v) is 1.35. The molecule has 18 heavy (non-hydrogen) atoms. The highest BCUT2D eigenvalue weighted by Gasteiger charge is 2.22. The lowest BCUT2D eigenvalue weighted by Crippen LogP contribution is -2.39. The van der Waals surface area contributed by atoms with E-state index in [1.54, 1.807) is 0 Å². The maximum Gasteiger partial charge on any atom is 0.323 e. The fourth-order valence-electron chi connectivity index (χ4n) is 1.35. The first kappa shape index (κ1) is 13.5. The highest BCUT2D eigenvalue weighted by atomic mass is 16.4. The first-order chi connectivity index (χ1) is 8.41. The van der Waals surface area contributed by atoms with Gasteiger partial charge in [-0.1, -0.05) is 12.1 Å². The molecule has 0 aliphatic carbocycles. The minimum Gasteiger partial charge on any atom is -0.507 e. The molecule has 1 aromatic carbocycles. The Labute approximate surface area is 102 Å². The molecule has 0 radical (unpaired) electrons. The molecule has 0 atom stereocenters. The summed E-state index contributed by atoms with van der Waals surface area (Å²) >= 11 is 0. The van der Waals surface area contributed by atoms with Crippen molar-refractivity contribution in [2.24, 2.45) is 0 Å². The Morgan fingerprint density at radius 3 is 1.94 bits per heavy atom. The average Bonchev–Trinajstić information content (AvgIpc) is 2.26. The van der Waals surface area contributed by atoms with E-state index in [2.05, 4.69) is 0 Å². The Kier molecular flexibility index (Phi) is 4.25. The fraction of sp³-hybridized carbons (Fsp3) is 0.182. The predicted molar refractivity (Wildman–Crippen MR) is 59.3 cm³/mol. The van der Waals surface area contributed by atoms with Crippen LogP contribution in [-0.2, 0) is 9.59 Å². The van der Waals surface area contributed by atoms with Crippen molar-refractivity contribution in [1.82, 2.24) is 4.90 Å². The number of carboxylic acids is 2. The minimum atomic E-state index is -1.33. The highest BCUT2D eigenvalue weighted by Crippen LogP contribution is 2.17. The molecule has 1 aromatic rings. The summed E-state index contributed by atoms with van der Waals surface area (Å²) in [5.74, 6) is -3.85. The molecular formula is C11H11NO6. The van der Waals surface area contributed by atoms with Crippen LogP contribution < -0.4 is 0 Å². The topological polar surface area (TPSA) is 115 Å². The van der Waals surface area contributed by atoms with Crippen LogP contribution in [0.3, 0.4) is 0 Å². The van der Waals surface area contributed by atoms with Gasteiger partial charge >= 0.3 is 11.9 Å². The number of amides is 1. The van der Waals surface area contributed by atoms with E-state index in [1.807, 2.05) is 0 Å². The number of carbonyl (C=O) groups is 3. The number of phenols is 1. The molecule has 0 aliphatic heterocycles. The van der Waals surface area contributed by atoms with Crippen molar-refractivity contribution in [3.8, 4) is 5.75 Å². The number of aliphatic carboxylic acids is 2. The predicted octanol–water partition coefficient (Wildman–Crippen LogP) is 0.00360. The van der Waals surface area contributed by atoms with Gasteiger partial charge in [0.2, 0.25) is 0 Å². The van der Waals surface area contributed by atoms with E-state index in [9.17, 15) is 19.5 Å². The number of carbonyl (C=O) groups excluding carboxylic acids is 1. The summed E-state index contributed by atoms with van der Waals surface area (Å²) in [6.07, 6.45) is 0. The first-order valence-electron chi connectivity index (χ1n) is 4.92. The molecule has 7 heteroatoms. The number of para-hydroxylation sites is 1. The molecular weight excluding hydrogens is 242 g/mol. The number of hydrogen-bond donors (Lipinski definition) is 3. The summed E-state index contributed by atoms with van der Waals surface area (Å²) in [5.41, 5.74) is -0.139. The number of benzene rings is 1. The summed E-state index contributed by atoms with van der Waals surface area (Å²) < 4.78 is 0. The van der Waals surface area contributed by atoms with Crippen LogP contribution >= 0.6 is 0 Å². The van der Waals surface area contributed by atoms with Gasteiger partial charge in [0.05, 0.1) is 5.56 Å². The van der Waals surface area contributed by atoms with Crippen LogP contribution in [0, 0.1) is 0 Å². The van der Waals surface area contributed by atoms with Crippen LogP contribution in [0.25, 0.3) is 0 Å². The Morgan fingerprint density at radius 1 is 1.00 bits per heavy atom. The maximum absolute atomic E-state index is 11.9. The zero-order chi connectivity index (χ0) is 13.7. The molecule has 3 N–H and O–H groups in total. The van der Waals surface area contributed by atoms with E-state index in [1.165, 1.54) is 24.3 Å². The molecule has 0 bridgehead atoms. The van der Waals surface area contributed by atoms with Crippen molar-refractivity contribution in [2.45, 2.75) is 0 Å². The second-order valence-corrected chi connectivity index (χ2v) is 3.47. The summed E-state index contributed by atoms with van der Waals surface area (Å²) in [6, 6.07) is 5.51. The monoisotopic (exact) mass is 253 g/mol. The maximum atomic E-state index is 11.9. The molecule has 0 fully saturated rings. The lowest BCUT2D eigenvalue weighted by atomic mass is 10.1. The number of aromatic hydroxyl groups is 1. The van der Waals surface area contributed by atoms with Crippen LogP contribution in [0.1, 0.15) is 10.4 Å². The van der Waals surface area contributed by atoms with Gasteiger partial charge in [-0.2, -0.15) is 0 Å². The molecule has 7 nitrogen and oxygen atoms in total. The van der Waals surface area contributed by atoms with Crippen molar-refractivity contribution in [1.29, 1.82) is 0 Å². The Hall–Kier alpha value is -2.57. The van der Waals surface area contributed by atoms with Crippen LogP contribution in [0.5, 0.6) is 5.75 Å². The molecule has 1 rings (SSSR count). The molecule has 0 saturated heterocycles. The van der Waals surface area contributed by atoms with Gasteiger partial charge in [-0.25, -0.2) is 0 Å². The van der Waals surface area contributed by atoms with Crippen LogP contribution in [0.15, 0.2) is 24.3 Å². The lowest BCUT2D eigenvalue weighted by Gasteiger charge is -2.18. The van der Waals surface area contributed by atoms with E-state index in [-0.39, 0.29) is 11.3 Å². The summed E-state index contributed by atoms with van der Waals surface area (Å²) in [5, 5.41) is 26.7. The van der Waals surface area contributed by atoms with Crippen molar-refractivity contribution in [3.63, 3.8) is 0 Å². The number of nitrogens with zero attached hydrogens (tertiary/aromatic N) is 1. The third-order valence-electron chi connectivity index (χ3n) is 2.07. The Morgan fingerprint density at radius 2 is 1.50 bits per heavy atom. The zero-order valence-corrected chi connectivity index (χ0v) is 9.24. The van der Waals surface area contributed by atoms with Gasteiger partial charge in [0.15, 0.2) is 0 Å². The largest absolute Gasteiger partial charge is 0.507 e. The van der Waals surface area contributed by atoms with Gasteiger partial charge < -0.3 is 20.2 Å². The lowest BCUT2D eigenvalue weighted by molar-refractivity contribution is -0.140. The van der Waals surface area contributed by atoms with Gasteiger partial charge in [0.25, 0.3) is 5.91 Å². The van der Waals surface area contributed by atoms with Crippen LogP contribution in [0.4, 0.5) is 0 Å². The molecule has 0 heterocycles. The van der Waals surface area contributed by atoms with E-state index < -0.39 is 30.9 Å². The van der Waals surface area contributed by atoms with Gasteiger partial charge in [-0.3, -0.25) is 14.4 Å². The molecule has 1 amide bonds. The third-order valence-corrected chi connectivity index (χ3v) is 2.07. The van der Waals surface area contributed by atoms with Crippen molar-refractivity contribution in [2.75, 3.05) is 13.1 Å². The summed E-state index contributed by atoms with van der Waals surface area (Å²) in [4.78, 5) is 33.6. The van der Waals surface area contributed by atoms with Crippen LogP contribution in [0.2, 0.25) is 0 Å². The zero-order valence-electron chi connectivity index (χ0n) is 9.24. The SMILES string of the molecule is O=C(O)CN(CC(=O)O)C(=O)c1ccccc1O. The van der Waals surface area contributed by atoms with E-state index in [4.69, 9.17) is 10.2 Å². The van der Waals surface area contributed by atoms with Gasteiger partial charge in [0.1, 0.15) is 18.8 Å². The third kappa shape index (κ3) is 3.48.